The standard InChI is InChI=1S/C24H24N4O2/c1-30-23-14-5-3-9-18(23)11-7-15-25-28-24(29)22-16-21(26-27-22)20-13-6-10-17-8-2-4-12-19(17)20/h2-15,21-22,26-27H,16H2,1H3,(H,28,29)/b11-7+,25-15+. The van der Waals surface area contributed by atoms with Crippen molar-refractivity contribution in [1.82, 2.24) is 16.3 Å². The Morgan fingerprint density at radius 3 is 2.77 bits per heavy atom. The topological polar surface area (TPSA) is 74.8 Å². The van der Waals surface area contributed by atoms with Crippen molar-refractivity contribution in [3.8, 4) is 5.75 Å². The largest absolute Gasteiger partial charge is 0.496 e. The van der Waals surface area contributed by atoms with Crippen LogP contribution in [-0.4, -0.2) is 25.3 Å². The molecule has 6 heteroatoms. The molecule has 0 saturated carbocycles. The smallest absolute Gasteiger partial charge is 0.258 e. The van der Waals surface area contributed by atoms with Gasteiger partial charge in [0, 0.05) is 17.8 Å². The highest BCUT2D eigenvalue weighted by molar-refractivity contribution is 5.87. The summed E-state index contributed by atoms with van der Waals surface area (Å²) in [6.07, 6.45) is 5.83. The lowest BCUT2D eigenvalue weighted by Crippen LogP contribution is -2.41. The summed E-state index contributed by atoms with van der Waals surface area (Å²) in [5.41, 5.74) is 11.0. The van der Waals surface area contributed by atoms with Crippen LogP contribution >= 0.6 is 0 Å². The molecule has 0 aromatic heterocycles. The first-order chi connectivity index (χ1) is 14.8. The second-order valence-corrected chi connectivity index (χ2v) is 7.05. The number of carbonyl (C=O) groups excluding carboxylic acids is 1. The van der Waals surface area contributed by atoms with Crippen molar-refractivity contribution in [2.45, 2.75) is 18.5 Å². The van der Waals surface area contributed by atoms with E-state index in [2.05, 4.69) is 45.6 Å². The predicted molar refractivity (Wildman–Crippen MR) is 120 cm³/mol. The molecule has 1 fully saturated rings. The van der Waals surface area contributed by atoms with E-state index in [1.807, 2.05) is 48.5 Å². The normalized spacial score (nSPS) is 19.0. The second-order valence-electron chi connectivity index (χ2n) is 7.05. The first-order valence-electron chi connectivity index (χ1n) is 9.87. The molecule has 0 radical (unpaired) electrons. The first kappa shape index (κ1) is 19.8. The molecule has 2 atom stereocenters. The van der Waals surface area contributed by atoms with Crippen LogP contribution in [0.25, 0.3) is 16.8 Å². The molecular formula is C24H24N4O2. The molecule has 0 aliphatic carbocycles. The number of fused-ring (bicyclic) bond motifs is 1. The van der Waals surface area contributed by atoms with E-state index in [-0.39, 0.29) is 18.0 Å². The molecule has 3 aromatic rings. The lowest BCUT2D eigenvalue weighted by Gasteiger charge is -2.13. The SMILES string of the molecule is COc1ccccc1/C=C/C=N/NC(=O)C1CC(c2cccc3ccccc23)NN1. The molecule has 0 spiro atoms. The van der Waals surface area contributed by atoms with Crippen molar-refractivity contribution in [2.75, 3.05) is 7.11 Å². The second kappa shape index (κ2) is 9.35. The maximum atomic E-state index is 12.4. The molecule has 0 bridgehead atoms. The van der Waals surface area contributed by atoms with Gasteiger partial charge in [-0.1, -0.05) is 60.7 Å². The van der Waals surface area contributed by atoms with Crippen molar-refractivity contribution in [3.63, 3.8) is 0 Å². The Morgan fingerprint density at radius 1 is 1.07 bits per heavy atom. The fraction of sp³-hybridized carbons (Fsp3) is 0.167. The van der Waals surface area contributed by atoms with Gasteiger partial charge in [0.25, 0.3) is 5.91 Å². The van der Waals surface area contributed by atoms with E-state index in [9.17, 15) is 4.79 Å². The van der Waals surface area contributed by atoms with E-state index in [0.29, 0.717) is 6.42 Å². The monoisotopic (exact) mass is 400 g/mol. The van der Waals surface area contributed by atoms with Gasteiger partial charge in [0.05, 0.1) is 7.11 Å². The molecule has 3 aromatic carbocycles. The number of hydrazone groups is 1. The lowest BCUT2D eigenvalue weighted by molar-refractivity contribution is -0.122. The summed E-state index contributed by atoms with van der Waals surface area (Å²) in [5, 5.41) is 6.40. The number of hydrogen-bond donors (Lipinski definition) is 3. The van der Waals surface area contributed by atoms with Crippen molar-refractivity contribution in [1.29, 1.82) is 0 Å². The third-order valence-corrected chi connectivity index (χ3v) is 5.17. The summed E-state index contributed by atoms with van der Waals surface area (Å²) in [4.78, 5) is 12.4. The number of amides is 1. The number of benzene rings is 3. The Balaban J connectivity index is 1.34. The summed E-state index contributed by atoms with van der Waals surface area (Å²) in [6, 6.07) is 21.9. The van der Waals surface area contributed by atoms with E-state index in [4.69, 9.17) is 4.74 Å². The molecule has 3 N–H and O–H groups in total. The summed E-state index contributed by atoms with van der Waals surface area (Å²) in [7, 11) is 1.63. The van der Waals surface area contributed by atoms with Gasteiger partial charge >= 0.3 is 0 Å². The van der Waals surface area contributed by atoms with E-state index >= 15 is 0 Å². The zero-order chi connectivity index (χ0) is 20.8. The third kappa shape index (κ3) is 4.40. The van der Waals surface area contributed by atoms with Crippen LogP contribution in [0.15, 0.2) is 77.9 Å². The van der Waals surface area contributed by atoms with Crippen molar-refractivity contribution in [2.24, 2.45) is 5.10 Å². The predicted octanol–water partition coefficient (Wildman–Crippen LogP) is 3.57. The number of hydrazine groups is 1. The van der Waals surface area contributed by atoms with Gasteiger partial charge in [0.1, 0.15) is 11.8 Å². The number of carbonyl (C=O) groups is 1. The van der Waals surface area contributed by atoms with Gasteiger partial charge < -0.3 is 4.74 Å². The molecule has 4 rings (SSSR count). The third-order valence-electron chi connectivity index (χ3n) is 5.17. The fourth-order valence-electron chi connectivity index (χ4n) is 3.66. The Labute approximate surface area is 175 Å². The van der Waals surface area contributed by atoms with Gasteiger partial charge in [-0.25, -0.2) is 16.3 Å². The van der Waals surface area contributed by atoms with Crippen LogP contribution < -0.4 is 21.0 Å². The number of hydrogen-bond acceptors (Lipinski definition) is 5. The average molecular weight is 400 g/mol. The van der Waals surface area contributed by atoms with Crippen LogP contribution in [0.5, 0.6) is 5.75 Å². The van der Waals surface area contributed by atoms with Crippen LogP contribution in [0.4, 0.5) is 0 Å². The molecule has 1 aliphatic heterocycles. The number of para-hydroxylation sites is 1. The highest BCUT2D eigenvalue weighted by Crippen LogP contribution is 2.29. The maximum Gasteiger partial charge on any atom is 0.258 e. The van der Waals surface area contributed by atoms with Crippen LogP contribution in [0.1, 0.15) is 23.6 Å². The molecular weight excluding hydrogens is 376 g/mol. The van der Waals surface area contributed by atoms with Gasteiger partial charge in [-0.15, -0.1) is 0 Å². The van der Waals surface area contributed by atoms with Gasteiger partial charge in [-0.2, -0.15) is 5.10 Å². The van der Waals surface area contributed by atoms with Crippen molar-refractivity contribution < 1.29 is 9.53 Å². The summed E-state index contributed by atoms with van der Waals surface area (Å²) in [6.45, 7) is 0. The minimum absolute atomic E-state index is 0.0567. The fourth-order valence-corrected chi connectivity index (χ4v) is 3.66. The first-order valence-corrected chi connectivity index (χ1v) is 9.87. The van der Waals surface area contributed by atoms with Crippen molar-refractivity contribution >= 4 is 29.0 Å². The Kier molecular flexibility index (Phi) is 6.17. The Bertz CT molecular complexity index is 1090. The molecule has 6 nitrogen and oxygen atoms in total. The number of rotatable bonds is 6. The molecule has 1 saturated heterocycles. The number of allylic oxidation sites excluding steroid dienone is 1. The van der Waals surface area contributed by atoms with E-state index in [1.54, 1.807) is 19.4 Å². The Hall–Kier alpha value is -3.48. The molecule has 1 amide bonds. The molecule has 2 unspecified atom stereocenters. The number of nitrogens with one attached hydrogen (secondary N) is 3. The maximum absolute atomic E-state index is 12.4. The van der Waals surface area contributed by atoms with Gasteiger partial charge in [0.2, 0.25) is 0 Å². The molecule has 1 heterocycles. The average Bonchev–Trinajstić information content (AvgIpc) is 3.29. The Morgan fingerprint density at radius 2 is 1.87 bits per heavy atom. The molecule has 152 valence electrons. The van der Waals surface area contributed by atoms with E-state index < -0.39 is 0 Å². The molecule has 30 heavy (non-hydrogen) atoms. The minimum atomic E-state index is -0.357. The zero-order valence-electron chi connectivity index (χ0n) is 16.7. The summed E-state index contributed by atoms with van der Waals surface area (Å²) in [5.74, 6) is 0.610. The van der Waals surface area contributed by atoms with Crippen LogP contribution in [0.3, 0.4) is 0 Å². The van der Waals surface area contributed by atoms with Crippen molar-refractivity contribution in [3.05, 3.63) is 83.9 Å². The lowest BCUT2D eigenvalue weighted by atomic mass is 9.96. The van der Waals surface area contributed by atoms with Gasteiger partial charge in [0.15, 0.2) is 0 Å². The van der Waals surface area contributed by atoms with Gasteiger partial charge in [-0.3, -0.25) is 4.79 Å². The van der Waals surface area contributed by atoms with Crippen LogP contribution in [-0.2, 0) is 4.79 Å². The van der Waals surface area contributed by atoms with Crippen LogP contribution in [0.2, 0.25) is 0 Å². The number of ether oxygens (including phenoxy) is 1. The number of nitrogens with zero attached hydrogens (tertiary/aromatic N) is 1. The highest BCUT2D eigenvalue weighted by atomic mass is 16.5. The summed E-state index contributed by atoms with van der Waals surface area (Å²) >= 11 is 0. The quantitative estimate of drug-likeness (QED) is 0.437. The zero-order valence-corrected chi connectivity index (χ0v) is 16.7. The van der Waals surface area contributed by atoms with E-state index in [1.165, 1.54) is 16.3 Å². The minimum Gasteiger partial charge on any atom is -0.496 e. The van der Waals surface area contributed by atoms with E-state index in [0.717, 1.165) is 11.3 Å². The van der Waals surface area contributed by atoms with Crippen LogP contribution in [0, 0.1) is 0 Å². The highest BCUT2D eigenvalue weighted by Gasteiger charge is 2.30. The number of methoxy groups -OCH3 is 1. The molecule has 1 aliphatic rings. The van der Waals surface area contributed by atoms with Gasteiger partial charge in [-0.05, 0) is 41.0 Å². The summed E-state index contributed by atoms with van der Waals surface area (Å²) < 4.78 is 5.30.